The molecule has 0 aliphatic carbocycles. The molecule has 1 heterocycles. The number of rotatable bonds is 5. The zero-order chi connectivity index (χ0) is 12.3. The minimum Gasteiger partial charge on any atom is -0.328 e. The first kappa shape index (κ1) is 12.7. The average Bonchev–Trinajstić information content (AvgIpc) is 2.51. The third-order valence-electron chi connectivity index (χ3n) is 2.68. The number of anilines is 1. The number of carbonyl (C=O) groups is 1. The van der Waals surface area contributed by atoms with E-state index in [2.05, 4.69) is 5.10 Å². The van der Waals surface area contributed by atoms with E-state index in [9.17, 15) is 4.79 Å². The van der Waals surface area contributed by atoms with Crippen molar-refractivity contribution in [3.05, 3.63) is 11.3 Å². The second kappa shape index (κ2) is 5.12. The van der Waals surface area contributed by atoms with Crippen LogP contribution in [0.3, 0.4) is 0 Å². The van der Waals surface area contributed by atoms with E-state index >= 15 is 0 Å². The second-order valence-electron chi connectivity index (χ2n) is 4.24. The molecule has 0 aliphatic rings. The summed E-state index contributed by atoms with van der Waals surface area (Å²) < 4.78 is 1.85. The minimum absolute atomic E-state index is 0.138. The summed E-state index contributed by atoms with van der Waals surface area (Å²) in [4.78, 5) is 12.4. The number of aryl methyl sites for hydroxylation is 2. The van der Waals surface area contributed by atoms with Gasteiger partial charge in [0.25, 0.3) is 0 Å². The van der Waals surface area contributed by atoms with Crippen LogP contribution in [0.4, 0.5) is 5.82 Å². The number of carbonyl (C=O) groups excluding carboxylic acids is 1. The molecule has 0 aliphatic heterocycles. The van der Waals surface area contributed by atoms with Gasteiger partial charge < -0.3 is 10.6 Å². The van der Waals surface area contributed by atoms with E-state index < -0.39 is 0 Å². The van der Waals surface area contributed by atoms with Gasteiger partial charge in [-0.2, -0.15) is 5.10 Å². The molecule has 0 saturated heterocycles. The van der Waals surface area contributed by atoms with E-state index in [1.807, 2.05) is 25.5 Å². The quantitative estimate of drug-likeness (QED) is 0.753. The standard InChI is InChI=1S/C11H20N4O/c1-8(12)5-6-15-11(14(4)7-16)9(2)10(3)13-15/h7-8H,5-6,12H2,1-4H3. The Balaban J connectivity index is 2.98. The first-order valence-electron chi connectivity index (χ1n) is 5.45. The van der Waals surface area contributed by atoms with Gasteiger partial charge in [-0.3, -0.25) is 4.79 Å². The monoisotopic (exact) mass is 224 g/mol. The third-order valence-corrected chi connectivity index (χ3v) is 2.68. The Kier molecular flexibility index (Phi) is 4.06. The summed E-state index contributed by atoms with van der Waals surface area (Å²) in [6.07, 6.45) is 1.64. The van der Waals surface area contributed by atoms with E-state index in [1.165, 1.54) is 0 Å². The van der Waals surface area contributed by atoms with Gasteiger partial charge in [0, 0.05) is 25.2 Å². The largest absolute Gasteiger partial charge is 0.328 e. The molecule has 1 unspecified atom stereocenters. The van der Waals surface area contributed by atoms with Crippen LogP contribution in [0.15, 0.2) is 0 Å². The van der Waals surface area contributed by atoms with Crippen molar-refractivity contribution in [2.75, 3.05) is 11.9 Å². The van der Waals surface area contributed by atoms with Crippen LogP contribution in [0, 0.1) is 13.8 Å². The zero-order valence-electron chi connectivity index (χ0n) is 10.4. The molecule has 5 heteroatoms. The van der Waals surface area contributed by atoms with E-state index in [-0.39, 0.29) is 6.04 Å². The smallest absolute Gasteiger partial charge is 0.215 e. The highest BCUT2D eigenvalue weighted by molar-refractivity contribution is 5.74. The number of aromatic nitrogens is 2. The molecule has 0 bridgehead atoms. The SMILES string of the molecule is Cc1nn(CCC(C)N)c(N(C)C=O)c1C. The molecule has 0 saturated carbocycles. The summed E-state index contributed by atoms with van der Waals surface area (Å²) in [5, 5.41) is 4.41. The average molecular weight is 224 g/mol. The number of hydrogen-bond donors (Lipinski definition) is 1. The molecular weight excluding hydrogens is 204 g/mol. The van der Waals surface area contributed by atoms with Gasteiger partial charge in [-0.05, 0) is 27.2 Å². The van der Waals surface area contributed by atoms with Gasteiger partial charge in [0.05, 0.1) is 5.69 Å². The molecule has 1 aromatic rings. The molecule has 1 atom stereocenters. The van der Waals surface area contributed by atoms with Crippen molar-refractivity contribution in [1.82, 2.24) is 9.78 Å². The molecule has 0 fully saturated rings. The van der Waals surface area contributed by atoms with E-state index in [0.29, 0.717) is 0 Å². The Labute approximate surface area is 96.2 Å². The Hall–Kier alpha value is -1.36. The van der Waals surface area contributed by atoms with Gasteiger partial charge in [0.1, 0.15) is 5.82 Å². The van der Waals surface area contributed by atoms with Gasteiger partial charge >= 0.3 is 0 Å². The highest BCUT2D eigenvalue weighted by Gasteiger charge is 2.14. The lowest BCUT2D eigenvalue weighted by Gasteiger charge is -2.15. The Morgan fingerprint density at radius 2 is 2.19 bits per heavy atom. The maximum atomic E-state index is 10.8. The Morgan fingerprint density at radius 1 is 1.56 bits per heavy atom. The molecule has 1 aromatic heterocycles. The fourth-order valence-corrected chi connectivity index (χ4v) is 1.64. The lowest BCUT2D eigenvalue weighted by atomic mass is 10.2. The number of amides is 1. The van der Waals surface area contributed by atoms with Crippen molar-refractivity contribution in [3.8, 4) is 0 Å². The summed E-state index contributed by atoms with van der Waals surface area (Å²) in [7, 11) is 1.73. The molecule has 5 nitrogen and oxygen atoms in total. The van der Waals surface area contributed by atoms with Gasteiger partial charge in [-0.25, -0.2) is 4.68 Å². The maximum Gasteiger partial charge on any atom is 0.215 e. The zero-order valence-corrected chi connectivity index (χ0v) is 10.4. The van der Waals surface area contributed by atoms with Crippen molar-refractivity contribution < 1.29 is 4.79 Å². The van der Waals surface area contributed by atoms with Crippen LogP contribution in [0.25, 0.3) is 0 Å². The number of nitrogens with zero attached hydrogens (tertiary/aromatic N) is 3. The van der Waals surface area contributed by atoms with E-state index in [1.54, 1.807) is 11.9 Å². The molecule has 1 rings (SSSR count). The predicted molar refractivity (Wildman–Crippen MR) is 64.4 cm³/mol. The minimum atomic E-state index is 0.138. The van der Waals surface area contributed by atoms with E-state index in [4.69, 9.17) is 5.73 Å². The van der Waals surface area contributed by atoms with Crippen molar-refractivity contribution in [2.24, 2.45) is 5.73 Å². The maximum absolute atomic E-state index is 10.8. The summed E-state index contributed by atoms with van der Waals surface area (Å²) in [6, 6.07) is 0.138. The third kappa shape index (κ3) is 2.61. The number of hydrogen-bond acceptors (Lipinski definition) is 3. The first-order valence-corrected chi connectivity index (χ1v) is 5.45. The van der Waals surface area contributed by atoms with Crippen LogP contribution in [0.2, 0.25) is 0 Å². The lowest BCUT2D eigenvalue weighted by Crippen LogP contribution is -2.22. The normalized spacial score (nSPS) is 12.6. The van der Waals surface area contributed by atoms with Crippen molar-refractivity contribution in [1.29, 1.82) is 0 Å². The van der Waals surface area contributed by atoms with Crippen LogP contribution in [0.5, 0.6) is 0 Å². The van der Waals surface area contributed by atoms with Gasteiger partial charge in [0.15, 0.2) is 0 Å². The summed E-state index contributed by atoms with van der Waals surface area (Å²) in [6.45, 7) is 6.62. The first-order chi connectivity index (χ1) is 7.47. The topological polar surface area (TPSA) is 64.2 Å². The van der Waals surface area contributed by atoms with Gasteiger partial charge in [0.2, 0.25) is 6.41 Å². The van der Waals surface area contributed by atoms with Crippen LogP contribution in [0.1, 0.15) is 24.6 Å². The second-order valence-corrected chi connectivity index (χ2v) is 4.24. The molecule has 16 heavy (non-hydrogen) atoms. The Morgan fingerprint density at radius 3 is 2.69 bits per heavy atom. The predicted octanol–water partition coefficient (Wildman–Crippen LogP) is 0.830. The number of nitrogens with two attached hydrogens (primary N) is 1. The highest BCUT2D eigenvalue weighted by Crippen LogP contribution is 2.21. The summed E-state index contributed by atoms with van der Waals surface area (Å²) in [5.74, 6) is 0.855. The Bertz CT molecular complexity index is 370. The fourth-order valence-electron chi connectivity index (χ4n) is 1.64. The van der Waals surface area contributed by atoms with Crippen LogP contribution < -0.4 is 10.6 Å². The molecular formula is C11H20N4O. The van der Waals surface area contributed by atoms with Crippen LogP contribution in [-0.4, -0.2) is 29.3 Å². The highest BCUT2D eigenvalue weighted by atomic mass is 16.1. The van der Waals surface area contributed by atoms with E-state index in [0.717, 1.165) is 36.5 Å². The van der Waals surface area contributed by atoms with Crippen molar-refractivity contribution >= 4 is 12.2 Å². The fraction of sp³-hybridized carbons (Fsp3) is 0.636. The summed E-state index contributed by atoms with van der Waals surface area (Å²) in [5.41, 5.74) is 7.71. The lowest BCUT2D eigenvalue weighted by molar-refractivity contribution is -0.107. The molecule has 0 radical (unpaired) electrons. The molecule has 1 amide bonds. The summed E-state index contributed by atoms with van der Waals surface area (Å²) >= 11 is 0. The molecule has 2 N–H and O–H groups in total. The molecule has 0 aromatic carbocycles. The molecule has 90 valence electrons. The van der Waals surface area contributed by atoms with Gasteiger partial charge in [-0.15, -0.1) is 0 Å². The van der Waals surface area contributed by atoms with Crippen molar-refractivity contribution in [3.63, 3.8) is 0 Å². The van der Waals surface area contributed by atoms with Gasteiger partial charge in [-0.1, -0.05) is 0 Å². The van der Waals surface area contributed by atoms with Crippen LogP contribution >= 0.6 is 0 Å². The van der Waals surface area contributed by atoms with Crippen LogP contribution in [-0.2, 0) is 11.3 Å². The van der Waals surface area contributed by atoms with Crippen molar-refractivity contribution in [2.45, 2.75) is 39.8 Å². The molecule has 0 spiro atoms.